The van der Waals surface area contributed by atoms with Crippen molar-refractivity contribution >= 4 is 6.09 Å². The predicted octanol–water partition coefficient (Wildman–Crippen LogP) is 1.49. The van der Waals surface area contributed by atoms with Gasteiger partial charge in [0.15, 0.2) is 0 Å². The lowest BCUT2D eigenvalue weighted by atomic mass is 10.2. The minimum Gasteiger partial charge on any atom is -0.443 e. The van der Waals surface area contributed by atoms with E-state index in [0.29, 0.717) is 6.61 Å². The molecule has 88 valence electrons. The Balaban J connectivity index is 2.11. The van der Waals surface area contributed by atoms with Crippen LogP contribution < -0.4 is 5.48 Å². The number of amides is 1. The summed E-state index contributed by atoms with van der Waals surface area (Å²) in [4.78, 5) is 15.9. The number of hydrogen-bond acceptors (Lipinski definition) is 4. The summed E-state index contributed by atoms with van der Waals surface area (Å²) in [6, 6.07) is 9.41. The Morgan fingerprint density at radius 2 is 2.00 bits per heavy atom. The zero-order valence-electron chi connectivity index (χ0n) is 9.14. The van der Waals surface area contributed by atoms with Crippen molar-refractivity contribution in [1.82, 2.24) is 5.48 Å². The molecule has 0 aliphatic rings. The molecule has 5 heteroatoms. The number of ether oxygens (including phenoxy) is 2. The van der Waals surface area contributed by atoms with E-state index >= 15 is 0 Å². The summed E-state index contributed by atoms with van der Waals surface area (Å²) < 4.78 is 9.63. The van der Waals surface area contributed by atoms with Gasteiger partial charge >= 0.3 is 6.09 Å². The van der Waals surface area contributed by atoms with Crippen LogP contribution in [0.2, 0.25) is 0 Å². The lowest BCUT2D eigenvalue weighted by Crippen LogP contribution is -2.26. The molecule has 1 aromatic carbocycles. The predicted molar refractivity (Wildman–Crippen MR) is 57.6 cm³/mol. The molecule has 0 aliphatic heterocycles. The maximum Gasteiger partial charge on any atom is 0.431 e. The molecule has 1 N–H and O–H groups in total. The molecule has 0 aliphatic carbocycles. The minimum absolute atomic E-state index is 0.223. The first kappa shape index (κ1) is 12.5. The van der Waals surface area contributed by atoms with Crippen LogP contribution in [0.4, 0.5) is 4.79 Å². The normalized spacial score (nSPS) is 9.81. The number of nitrogens with one attached hydrogen (secondary N) is 1. The van der Waals surface area contributed by atoms with Crippen molar-refractivity contribution in [3.05, 3.63) is 35.9 Å². The van der Waals surface area contributed by atoms with Crippen molar-refractivity contribution in [2.45, 2.75) is 6.61 Å². The van der Waals surface area contributed by atoms with Crippen molar-refractivity contribution in [2.75, 3.05) is 20.3 Å². The molecule has 16 heavy (non-hydrogen) atoms. The van der Waals surface area contributed by atoms with Gasteiger partial charge in [0, 0.05) is 7.11 Å². The first-order valence-corrected chi connectivity index (χ1v) is 4.90. The zero-order valence-corrected chi connectivity index (χ0v) is 9.14. The highest BCUT2D eigenvalue weighted by molar-refractivity contribution is 5.65. The number of carbonyl (C=O) groups excluding carboxylic acids is 1. The van der Waals surface area contributed by atoms with Gasteiger partial charge in [0.05, 0.1) is 13.2 Å². The van der Waals surface area contributed by atoms with Gasteiger partial charge in [-0.2, -0.15) is 5.48 Å². The van der Waals surface area contributed by atoms with Crippen LogP contribution in [0.1, 0.15) is 5.56 Å². The highest BCUT2D eigenvalue weighted by Crippen LogP contribution is 2.00. The molecular weight excluding hydrogens is 210 g/mol. The number of benzene rings is 1. The third-order valence-corrected chi connectivity index (χ3v) is 1.76. The van der Waals surface area contributed by atoms with E-state index in [1.165, 1.54) is 0 Å². The highest BCUT2D eigenvalue weighted by atomic mass is 16.7. The summed E-state index contributed by atoms with van der Waals surface area (Å²) in [5, 5.41) is 0. The van der Waals surface area contributed by atoms with E-state index in [9.17, 15) is 4.79 Å². The van der Waals surface area contributed by atoms with E-state index < -0.39 is 6.09 Å². The van der Waals surface area contributed by atoms with Gasteiger partial charge in [-0.05, 0) is 5.56 Å². The Hall–Kier alpha value is -1.59. The van der Waals surface area contributed by atoms with E-state index in [-0.39, 0.29) is 13.2 Å². The first-order valence-electron chi connectivity index (χ1n) is 4.90. The van der Waals surface area contributed by atoms with Gasteiger partial charge in [-0.25, -0.2) is 4.79 Å². The Bertz CT molecular complexity index is 302. The van der Waals surface area contributed by atoms with Crippen LogP contribution in [0.5, 0.6) is 0 Å². The van der Waals surface area contributed by atoms with E-state index in [0.717, 1.165) is 5.56 Å². The van der Waals surface area contributed by atoms with Gasteiger partial charge in [-0.1, -0.05) is 30.3 Å². The summed E-state index contributed by atoms with van der Waals surface area (Å²) in [6.07, 6.45) is -0.611. The molecule has 1 aromatic rings. The van der Waals surface area contributed by atoms with E-state index in [1.807, 2.05) is 30.3 Å². The van der Waals surface area contributed by atoms with Gasteiger partial charge in [0.25, 0.3) is 0 Å². The highest BCUT2D eigenvalue weighted by Gasteiger charge is 2.01. The Morgan fingerprint density at radius 1 is 1.25 bits per heavy atom. The number of carbonyl (C=O) groups is 1. The van der Waals surface area contributed by atoms with Crippen LogP contribution in [-0.4, -0.2) is 26.4 Å². The summed E-state index contributed by atoms with van der Waals surface area (Å²) in [6.45, 7) is 0.927. The van der Waals surface area contributed by atoms with Crippen molar-refractivity contribution in [2.24, 2.45) is 0 Å². The largest absolute Gasteiger partial charge is 0.443 e. The van der Waals surface area contributed by atoms with Crippen molar-refractivity contribution in [3.8, 4) is 0 Å². The first-order chi connectivity index (χ1) is 7.83. The van der Waals surface area contributed by atoms with Gasteiger partial charge in [-0.3, -0.25) is 4.84 Å². The molecule has 0 fully saturated rings. The van der Waals surface area contributed by atoms with E-state index in [1.54, 1.807) is 7.11 Å². The van der Waals surface area contributed by atoms with Crippen LogP contribution >= 0.6 is 0 Å². The lowest BCUT2D eigenvalue weighted by Gasteiger charge is -2.06. The van der Waals surface area contributed by atoms with Crippen LogP contribution in [0.15, 0.2) is 30.3 Å². The maximum atomic E-state index is 11.1. The smallest absolute Gasteiger partial charge is 0.431 e. The molecule has 5 nitrogen and oxygen atoms in total. The Morgan fingerprint density at radius 3 is 2.69 bits per heavy atom. The third kappa shape index (κ3) is 5.33. The Labute approximate surface area is 94.3 Å². The molecule has 0 bridgehead atoms. The summed E-state index contributed by atoms with van der Waals surface area (Å²) in [5.41, 5.74) is 3.07. The molecule has 0 unspecified atom stereocenters. The van der Waals surface area contributed by atoms with Crippen molar-refractivity contribution in [1.29, 1.82) is 0 Å². The molecule has 0 saturated carbocycles. The fraction of sp³-hybridized carbons (Fsp3) is 0.364. The SMILES string of the molecule is COCCONC(=O)OCc1ccccc1. The molecule has 0 aromatic heterocycles. The number of hydrogen-bond donors (Lipinski definition) is 1. The third-order valence-electron chi connectivity index (χ3n) is 1.76. The van der Waals surface area contributed by atoms with Crippen LogP contribution in [0.25, 0.3) is 0 Å². The van der Waals surface area contributed by atoms with Gasteiger partial charge in [0.2, 0.25) is 0 Å². The lowest BCUT2D eigenvalue weighted by molar-refractivity contribution is 0.00160. The second-order valence-electron chi connectivity index (χ2n) is 3.01. The van der Waals surface area contributed by atoms with Crippen LogP contribution in [0, 0.1) is 0 Å². The summed E-state index contributed by atoms with van der Waals surface area (Å²) >= 11 is 0. The molecule has 1 amide bonds. The molecule has 1 rings (SSSR count). The maximum absolute atomic E-state index is 11.1. The average Bonchev–Trinajstić information content (AvgIpc) is 2.33. The molecule has 0 radical (unpaired) electrons. The standard InChI is InChI=1S/C11H15NO4/c1-14-7-8-16-12-11(13)15-9-10-5-3-2-4-6-10/h2-6H,7-9H2,1H3,(H,12,13). The Kier molecular flexibility index (Phi) is 5.98. The molecule has 0 atom stereocenters. The monoisotopic (exact) mass is 225 g/mol. The fourth-order valence-electron chi connectivity index (χ4n) is 0.988. The number of rotatable bonds is 6. The van der Waals surface area contributed by atoms with Gasteiger partial charge in [0.1, 0.15) is 6.61 Å². The van der Waals surface area contributed by atoms with Crippen molar-refractivity contribution in [3.63, 3.8) is 0 Å². The van der Waals surface area contributed by atoms with Crippen LogP contribution in [0.3, 0.4) is 0 Å². The molecule has 0 saturated heterocycles. The zero-order chi connectivity index (χ0) is 11.6. The van der Waals surface area contributed by atoms with Crippen LogP contribution in [-0.2, 0) is 20.9 Å². The summed E-state index contributed by atoms with van der Waals surface area (Å²) in [5.74, 6) is 0. The minimum atomic E-state index is -0.611. The van der Waals surface area contributed by atoms with Gasteiger partial charge in [-0.15, -0.1) is 0 Å². The van der Waals surface area contributed by atoms with E-state index in [4.69, 9.17) is 14.3 Å². The molecule has 0 heterocycles. The fourth-order valence-corrected chi connectivity index (χ4v) is 0.988. The number of hydroxylamine groups is 1. The second-order valence-corrected chi connectivity index (χ2v) is 3.01. The molecular formula is C11H15NO4. The van der Waals surface area contributed by atoms with Crippen molar-refractivity contribution < 1.29 is 19.1 Å². The second kappa shape index (κ2) is 7.67. The van der Waals surface area contributed by atoms with Gasteiger partial charge < -0.3 is 9.47 Å². The quantitative estimate of drug-likeness (QED) is 0.588. The number of methoxy groups -OCH3 is 1. The van der Waals surface area contributed by atoms with E-state index in [2.05, 4.69) is 5.48 Å². The average molecular weight is 225 g/mol. The molecule has 0 spiro atoms. The topological polar surface area (TPSA) is 56.8 Å². The summed E-state index contributed by atoms with van der Waals surface area (Å²) in [7, 11) is 1.55.